The van der Waals surface area contributed by atoms with Gasteiger partial charge in [-0.1, -0.05) is 78.9 Å². The van der Waals surface area contributed by atoms with Crippen LogP contribution in [0.5, 0.6) is 5.75 Å². The zero-order valence-corrected chi connectivity index (χ0v) is 17.4. The molecule has 30 heavy (non-hydrogen) atoms. The summed E-state index contributed by atoms with van der Waals surface area (Å²) in [5.74, 6) is -0.0594. The molecule has 3 aromatic carbocycles. The molecule has 0 bridgehead atoms. The highest BCUT2D eigenvalue weighted by molar-refractivity contribution is 5.79. The summed E-state index contributed by atoms with van der Waals surface area (Å²) < 4.78 is 5.23. The van der Waals surface area contributed by atoms with Crippen LogP contribution in [-0.4, -0.2) is 36.2 Å². The third-order valence-corrected chi connectivity index (χ3v) is 5.18. The Kier molecular flexibility index (Phi) is 7.41. The van der Waals surface area contributed by atoms with Gasteiger partial charge in [0.05, 0.1) is 13.7 Å². The van der Waals surface area contributed by atoms with Gasteiger partial charge in [0.15, 0.2) is 0 Å². The molecule has 4 nitrogen and oxygen atoms in total. The van der Waals surface area contributed by atoms with Crippen LogP contribution in [0.1, 0.15) is 29.7 Å². The molecule has 4 heteroatoms. The molecular formula is C26H27NO3. The Morgan fingerprint density at radius 2 is 1.47 bits per heavy atom. The highest BCUT2D eigenvalue weighted by atomic mass is 16.5. The molecule has 0 saturated carbocycles. The van der Waals surface area contributed by atoms with Crippen molar-refractivity contribution in [1.29, 1.82) is 0 Å². The van der Waals surface area contributed by atoms with E-state index in [-0.39, 0.29) is 12.6 Å². The van der Waals surface area contributed by atoms with E-state index in [1.54, 1.807) is 7.11 Å². The molecule has 0 aliphatic carbocycles. The molecule has 0 saturated heterocycles. The van der Waals surface area contributed by atoms with Gasteiger partial charge < -0.3 is 9.84 Å². The van der Waals surface area contributed by atoms with Crippen LogP contribution in [0, 0.1) is 0 Å². The van der Waals surface area contributed by atoms with Gasteiger partial charge in [0.1, 0.15) is 5.75 Å². The Morgan fingerprint density at radius 3 is 1.93 bits per heavy atom. The fourth-order valence-corrected chi connectivity index (χ4v) is 3.47. The highest BCUT2D eigenvalue weighted by Gasteiger charge is 2.18. The predicted octanol–water partition coefficient (Wildman–Crippen LogP) is 5.27. The smallest absolute Gasteiger partial charge is 0.317 e. The first kappa shape index (κ1) is 21.3. The number of benzene rings is 3. The number of ether oxygens (including phenoxy) is 1. The molecule has 0 heterocycles. The van der Waals surface area contributed by atoms with E-state index in [2.05, 4.69) is 30.3 Å². The first-order chi connectivity index (χ1) is 14.6. The van der Waals surface area contributed by atoms with E-state index in [0.29, 0.717) is 6.54 Å². The van der Waals surface area contributed by atoms with E-state index >= 15 is 0 Å². The molecule has 0 fully saturated rings. The second kappa shape index (κ2) is 10.4. The van der Waals surface area contributed by atoms with Crippen molar-refractivity contribution >= 4 is 11.5 Å². The minimum atomic E-state index is -0.843. The molecule has 0 aromatic heterocycles. The van der Waals surface area contributed by atoms with E-state index < -0.39 is 5.97 Å². The average Bonchev–Trinajstić information content (AvgIpc) is 2.79. The first-order valence-corrected chi connectivity index (χ1v) is 9.99. The lowest BCUT2D eigenvalue weighted by Gasteiger charge is -2.27. The average molecular weight is 402 g/mol. The molecule has 3 rings (SSSR count). The molecule has 0 spiro atoms. The largest absolute Gasteiger partial charge is 0.497 e. The number of hydrogen-bond donors (Lipinski definition) is 1. The number of rotatable bonds is 9. The fourth-order valence-electron chi connectivity index (χ4n) is 3.47. The van der Waals surface area contributed by atoms with Crippen LogP contribution in [0.2, 0.25) is 0 Å². The number of methoxy groups -OCH3 is 1. The minimum Gasteiger partial charge on any atom is -0.497 e. The van der Waals surface area contributed by atoms with Gasteiger partial charge in [-0.2, -0.15) is 0 Å². The summed E-state index contributed by atoms with van der Waals surface area (Å²) in [4.78, 5) is 13.5. The van der Waals surface area contributed by atoms with E-state index in [1.807, 2.05) is 72.5 Å². The maximum atomic E-state index is 11.5. The SMILES string of the molecule is COc1ccc([C@@H](C)N(CC=C(c2ccccc2)c2ccccc2)CC(=O)O)cc1. The maximum Gasteiger partial charge on any atom is 0.317 e. The van der Waals surface area contributed by atoms with Gasteiger partial charge in [-0.25, -0.2) is 0 Å². The Labute approximate surface area is 178 Å². The van der Waals surface area contributed by atoms with E-state index in [4.69, 9.17) is 4.74 Å². The molecule has 0 aliphatic rings. The summed E-state index contributed by atoms with van der Waals surface area (Å²) in [5, 5.41) is 9.48. The molecule has 1 atom stereocenters. The van der Waals surface area contributed by atoms with E-state index in [0.717, 1.165) is 28.0 Å². The van der Waals surface area contributed by atoms with Crippen molar-refractivity contribution in [3.05, 3.63) is 108 Å². The van der Waals surface area contributed by atoms with Crippen LogP contribution >= 0.6 is 0 Å². The fraction of sp³-hybridized carbons (Fsp3) is 0.192. The molecule has 0 amide bonds. The summed E-state index contributed by atoms with van der Waals surface area (Å²) in [6.07, 6.45) is 2.12. The summed E-state index contributed by atoms with van der Waals surface area (Å²) in [6, 6.07) is 28.1. The second-order valence-corrected chi connectivity index (χ2v) is 7.12. The maximum absolute atomic E-state index is 11.5. The zero-order valence-electron chi connectivity index (χ0n) is 17.4. The first-order valence-electron chi connectivity index (χ1n) is 9.99. The Morgan fingerprint density at radius 1 is 0.933 bits per heavy atom. The summed E-state index contributed by atoms with van der Waals surface area (Å²) in [5.41, 5.74) is 4.35. The third kappa shape index (κ3) is 5.58. The normalized spacial score (nSPS) is 11.7. The van der Waals surface area contributed by atoms with E-state index in [9.17, 15) is 9.90 Å². The van der Waals surface area contributed by atoms with Gasteiger partial charge in [0.25, 0.3) is 0 Å². The standard InChI is InChI=1S/C26H27NO3/c1-20(21-13-15-24(30-2)16-14-21)27(19-26(28)29)18-17-25(22-9-5-3-6-10-22)23-11-7-4-8-12-23/h3-17,20H,18-19H2,1-2H3,(H,28,29)/t20-/m1/s1. The zero-order chi connectivity index (χ0) is 21.3. The molecule has 1 N–H and O–H groups in total. The number of carboxylic acid groups (broad SMARTS) is 1. The van der Waals surface area contributed by atoms with Crippen molar-refractivity contribution in [2.24, 2.45) is 0 Å². The van der Waals surface area contributed by atoms with Crippen LogP contribution in [0.15, 0.2) is 91.0 Å². The number of hydrogen-bond acceptors (Lipinski definition) is 3. The van der Waals surface area contributed by atoms with Crippen molar-refractivity contribution in [1.82, 2.24) is 4.90 Å². The Balaban J connectivity index is 1.91. The molecular weight excluding hydrogens is 374 g/mol. The van der Waals surface area contributed by atoms with Crippen molar-refractivity contribution in [2.75, 3.05) is 20.2 Å². The van der Waals surface area contributed by atoms with Crippen molar-refractivity contribution in [3.63, 3.8) is 0 Å². The lowest BCUT2D eigenvalue weighted by Crippen LogP contribution is -2.32. The van der Waals surface area contributed by atoms with Crippen LogP contribution in [0.3, 0.4) is 0 Å². The number of nitrogens with zero attached hydrogens (tertiary/aromatic N) is 1. The second-order valence-electron chi connectivity index (χ2n) is 7.12. The number of carboxylic acids is 1. The van der Waals surface area contributed by atoms with Gasteiger partial charge in [0.2, 0.25) is 0 Å². The van der Waals surface area contributed by atoms with Crippen molar-refractivity contribution in [3.8, 4) is 5.75 Å². The Bertz CT molecular complexity index is 925. The van der Waals surface area contributed by atoms with Crippen molar-refractivity contribution < 1.29 is 14.6 Å². The lowest BCUT2D eigenvalue weighted by atomic mass is 9.97. The molecule has 154 valence electrons. The summed E-state index contributed by atoms with van der Waals surface area (Å²) in [7, 11) is 1.63. The van der Waals surface area contributed by atoms with Gasteiger partial charge in [0, 0.05) is 12.6 Å². The summed E-state index contributed by atoms with van der Waals surface area (Å²) >= 11 is 0. The Hall–Kier alpha value is -3.37. The van der Waals surface area contributed by atoms with Crippen molar-refractivity contribution in [2.45, 2.75) is 13.0 Å². The number of aliphatic carboxylic acids is 1. The van der Waals surface area contributed by atoms with E-state index in [1.165, 1.54) is 0 Å². The highest BCUT2D eigenvalue weighted by Crippen LogP contribution is 2.26. The molecule has 0 radical (unpaired) electrons. The van der Waals surface area contributed by atoms with Crippen LogP contribution in [0.25, 0.3) is 5.57 Å². The van der Waals surface area contributed by atoms with Crippen LogP contribution < -0.4 is 4.74 Å². The van der Waals surface area contributed by atoms with Gasteiger partial charge in [-0.15, -0.1) is 0 Å². The number of carbonyl (C=O) groups is 1. The molecule has 0 aliphatic heterocycles. The quantitative estimate of drug-likeness (QED) is 0.530. The van der Waals surface area contributed by atoms with Gasteiger partial charge in [-0.3, -0.25) is 9.69 Å². The molecule has 0 unspecified atom stereocenters. The predicted molar refractivity (Wildman–Crippen MR) is 121 cm³/mol. The molecule has 3 aromatic rings. The summed E-state index contributed by atoms with van der Waals surface area (Å²) in [6.45, 7) is 2.50. The monoisotopic (exact) mass is 401 g/mol. The third-order valence-electron chi connectivity index (χ3n) is 5.18. The minimum absolute atomic E-state index is 0.0411. The lowest BCUT2D eigenvalue weighted by molar-refractivity contribution is -0.138. The van der Waals surface area contributed by atoms with Crippen LogP contribution in [-0.2, 0) is 4.79 Å². The van der Waals surface area contributed by atoms with Crippen LogP contribution in [0.4, 0.5) is 0 Å². The van der Waals surface area contributed by atoms with Gasteiger partial charge in [-0.05, 0) is 41.3 Å². The topological polar surface area (TPSA) is 49.8 Å². The van der Waals surface area contributed by atoms with Gasteiger partial charge >= 0.3 is 5.97 Å².